The van der Waals surface area contributed by atoms with Gasteiger partial charge in [-0.15, -0.1) is 0 Å². The summed E-state index contributed by atoms with van der Waals surface area (Å²) >= 11 is 0. The molecule has 3 nitrogen and oxygen atoms in total. The van der Waals surface area contributed by atoms with Crippen LogP contribution in [-0.4, -0.2) is 24.5 Å². The van der Waals surface area contributed by atoms with E-state index in [9.17, 15) is 0 Å². The van der Waals surface area contributed by atoms with E-state index < -0.39 is 0 Å². The smallest absolute Gasteiger partial charge is 0.149 e. The van der Waals surface area contributed by atoms with Gasteiger partial charge in [0, 0.05) is 18.7 Å². The average molecular weight is 527 g/mol. The highest BCUT2D eigenvalue weighted by atomic mass is 16.5. The predicted molar refractivity (Wildman–Crippen MR) is 171 cm³/mol. The molecule has 0 aliphatic carbocycles. The molecule has 0 aromatic heterocycles. The Bertz CT molecular complexity index is 1190. The van der Waals surface area contributed by atoms with Crippen molar-refractivity contribution in [3.8, 4) is 0 Å². The molecule has 39 heavy (non-hydrogen) atoms. The molecule has 3 aromatic carbocycles. The van der Waals surface area contributed by atoms with Gasteiger partial charge in [0.15, 0.2) is 0 Å². The van der Waals surface area contributed by atoms with E-state index in [4.69, 9.17) is 4.74 Å². The molecule has 0 atom stereocenters. The highest BCUT2D eigenvalue weighted by Crippen LogP contribution is 2.29. The Balaban J connectivity index is 0.00000170. The second-order valence-electron chi connectivity index (χ2n) is 10.1. The lowest BCUT2D eigenvalue weighted by Crippen LogP contribution is -2.27. The quantitative estimate of drug-likeness (QED) is 0.128. The Hall–Kier alpha value is -3.30. The Morgan fingerprint density at radius 3 is 2.18 bits per heavy atom. The van der Waals surface area contributed by atoms with E-state index in [1.165, 1.54) is 22.8 Å². The lowest BCUT2D eigenvalue weighted by molar-refractivity contribution is 0.284. The second kappa shape index (κ2) is 18.1. The molecule has 3 heteroatoms. The fraction of sp³-hybridized carbons (Fsp3) is 0.389. The van der Waals surface area contributed by atoms with Crippen LogP contribution in [0.5, 0.6) is 0 Å². The van der Waals surface area contributed by atoms with Crippen LogP contribution in [0.2, 0.25) is 0 Å². The summed E-state index contributed by atoms with van der Waals surface area (Å²) in [6.07, 6.45) is 6.73. The van der Waals surface area contributed by atoms with Crippen molar-refractivity contribution in [1.29, 1.82) is 0 Å². The molecule has 3 rings (SSSR count). The summed E-state index contributed by atoms with van der Waals surface area (Å²) in [6, 6.07) is 25.5. The maximum Gasteiger partial charge on any atom is 0.149 e. The van der Waals surface area contributed by atoms with Crippen LogP contribution in [0.1, 0.15) is 78.4 Å². The Morgan fingerprint density at radius 2 is 1.54 bits per heavy atom. The molecule has 0 saturated heterocycles. The molecule has 210 valence electrons. The molecule has 0 saturated carbocycles. The third-order valence-corrected chi connectivity index (χ3v) is 6.21. The van der Waals surface area contributed by atoms with Gasteiger partial charge in [0.25, 0.3) is 0 Å². The number of hydrogen-bond acceptors (Lipinski definition) is 3. The summed E-state index contributed by atoms with van der Waals surface area (Å²) < 4.78 is 6.51. The fourth-order valence-electron chi connectivity index (χ4n) is 4.35. The molecule has 0 fully saturated rings. The first kappa shape index (κ1) is 31.9. The Morgan fingerprint density at radius 1 is 0.872 bits per heavy atom. The molecule has 0 radical (unpaired) electrons. The van der Waals surface area contributed by atoms with Gasteiger partial charge >= 0.3 is 0 Å². The van der Waals surface area contributed by atoms with Crippen LogP contribution in [-0.2, 0) is 11.3 Å². The number of ether oxygens (including phenoxy) is 1. The normalized spacial score (nSPS) is 11.0. The van der Waals surface area contributed by atoms with Crippen LogP contribution in [0.3, 0.4) is 0 Å². The van der Waals surface area contributed by atoms with Crippen LogP contribution in [0.15, 0.2) is 102 Å². The van der Waals surface area contributed by atoms with Crippen molar-refractivity contribution in [3.63, 3.8) is 0 Å². The van der Waals surface area contributed by atoms with Crippen LogP contribution in [0, 0.1) is 0 Å². The van der Waals surface area contributed by atoms with E-state index in [0.717, 1.165) is 68.0 Å². The van der Waals surface area contributed by atoms with E-state index >= 15 is 0 Å². The summed E-state index contributed by atoms with van der Waals surface area (Å²) in [4.78, 5) is 2.49. The van der Waals surface area contributed by atoms with Gasteiger partial charge in [0.05, 0.1) is 5.70 Å². The maximum atomic E-state index is 6.51. The standard InChI is InChI=1S/C33H42N2O.C3H8/c1-6-15-32(33(26(3)4)36-27(5)29-16-9-8-10-17-29)35(23-14-13-22-34-7-2)25-28-20-21-30-18-11-12-19-31(30)24-28;1-3-2/h8-12,15-21,24,34H,5-7,13-14,22-23,25H2,1-4H3;3H2,1-2H3/b32-15+;. The number of benzene rings is 3. The minimum atomic E-state index is 0.673. The third kappa shape index (κ3) is 10.8. The van der Waals surface area contributed by atoms with Gasteiger partial charge in [-0.1, -0.05) is 114 Å². The number of hydrogen-bond donors (Lipinski definition) is 1. The molecule has 0 amide bonds. The first-order valence-electron chi connectivity index (χ1n) is 14.7. The average Bonchev–Trinajstić information content (AvgIpc) is 2.95. The molecule has 0 bridgehead atoms. The van der Waals surface area contributed by atoms with Crippen molar-refractivity contribution >= 4 is 16.5 Å². The van der Waals surface area contributed by atoms with E-state index in [1.807, 2.05) is 30.3 Å². The lowest BCUT2D eigenvalue weighted by Gasteiger charge is -2.30. The molecule has 0 spiro atoms. The number of allylic oxidation sites excluding steroid dienone is 2. The van der Waals surface area contributed by atoms with E-state index in [0.29, 0.717) is 5.76 Å². The summed E-state index contributed by atoms with van der Waals surface area (Å²) in [6.45, 7) is 20.9. The minimum Gasteiger partial charge on any atom is -0.455 e. The molecule has 0 aliphatic rings. The highest BCUT2D eigenvalue weighted by Gasteiger charge is 2.19. The van der Waals surface area contributed by atoms with Crippen LogP contribution >= 0.6 is 0 Å². The van der Waals surface area contributed by atoms with E-state index in [-0.39, 0.29) is 0 Å². The van der Waals surface area contributed by atoms with Crippen LogP contribution < -0.4 is 5.32 Å². The number of nitrogens with one attached hydrogen (secondary N) is 1. The van der Waals surface area contributed by atoms with Crippen LogP contribution in [0.25, 0.3) is 16.5 Å². The molecule has 0 aliphatic heterocycles. The molecular formula is C36H50N2O. The van der Waals surface area contributed by atoms with Crippen molar-refractivity contribution in [2.45, 2.75) is 73.8 Å². The van der Waals surface area contributed by atoms with E-state index in [1.54, 1.807) is 0 Å². The predicted octanol–water partition coefficient (Wildman–Crippen LogP) is 9.72. The van der Waals surface area contributed by atoms with Gasteiger partial charge in [0.2, 0.25) is 0 Å². The minimum absolute atomic E-state index is 0.673. The fourth-order valence-corrected chi connectivity index (χ4v) is 4.35. The number of unbranched alkanes of at least 4 members (excludes halogenated alkanes) is 1. The number of rotatable bonds is 14. The second-order valence-corrected chi connectivity index (χ2v) is 10.1. The Labute approximate surface area is 238 Å². The van der Waals surface area contributed by atoms with Crippen molar-refractivity contribution < 1.29 is 4.74 Å². The summed E-state index contributed by atoms with van der Waals surface area (Å²) in [7, 11) is 0. The van der Waals surface area contributed by atoms with Gasteiger partial charge in [0.1, 0.15) is 11.5 Å². The lowest BCUT2D eigenvalue weighted by atomic mass is 10.1. The molecular weight excluding hydrogens is 476 g/mol. The molecule has 3 aromatic rings. The van der Waals surface area contributed by atoms with Crippen molar-refractivity contribution in [3.05, 3.63) is 114 Å². The largest absolute Gasteiger partial charge is 0.455 e. The zero-order valence-electron chi connectivity index (χ0n) is 25.2. The zero-order chi connectivity index (χ0) is 28.5. The highest BCUT2D eigenvalue weighted by molar-refractivity contribution is 5.83. The number of nitrogens with zero attached hydrogens (tertiary/aromatic N) is 1. The first-order chi connectivity index (χ1) is 18.9. The van der Waals surface area contributed by atoms with E-state index in [2.05, 4.69) is 107 Å². The van der Waals surface area contributed by atoms with Crippen LogP contribution in [0.4, 0.5) is 0 Å². The van der Waals surface area contributed by atoms with Crippen molar-refractivity contribution in [2.75, 3.05) is 19.6 Å². The molecule has 0 heterocycles. The van der Waals surface area contributed by atoms with Gasteiger partial charge in [-0.3, -0.25) is 0 Å². The SMILES string of the molecule is C=C(OC(=C(C)C)/C(=C\CC)N(CCCCNCC)Cc1ccc2ccccc2c1)c1ccccc1.CCC. The first-order valence-corrected chi connectivity index (χ1v) is 14.7. The Kier molecular flexibility index (Phi) is 14.8. The third-order valence-electron chi connectivity index (χ3n) is 6.21. The molecule has 1 N–H and O–H groups in total. The summed E-state index contributed by atoms with van der Waals surface area (Å²) in [5.74, 6) is 1.57. The summed E-state index contributed by atoms with van der Waals surface area (Å²) in [5.41, 5.74) is 4.59. The van der Waals surface area contributed by atoms with Crippen molar-refractivity contribution in [2.24, 2.45) is 0 Å². The monoisotopic (exact) mass is 526 g/mol. The van der Waals surface area contributed by atoms with Gasteiger partial charge in [-0.25, -0.2) is 0 Å². The summed E-state index contributed by atoms with van der Waals surface area (Å²) in [5, 5.41) is 6.00. The van der Waals surface area contributed by atoms with Gasteiger partial charge in [-0.2, -0.15) is 0 Å². The topological polar surface area (TPSA) is 24.5 Å². The van der Waals surface area contributed by atoms with Gasteiger partial charge in [-0.05, 0) is 74.2 Å². The van der Waals surface area contributed by atoms with Crippen molar-refractivity contribution in [1.82, 2.24) is 10.2 Å². The maximum absolute atomic E-state index is 6.51. The molecule has 0 unspecified atom stereocenters. The van der Waals surface area contributed by atoms with Gasteiger partial charge < -0.3 is 15.0 Å². The zero-order valence-corrected chi connectivity index (χ0v) is 25.2. The number of fused-ring (bicyclic) bond motifs is 1.